The normalized spacial score (nSPS) is 28.0. The van der Waals surface area contributed by atoms with Gasteiger partial charge in [-0.3, -0.25) is 9.59 Å². The maximum absolute atomic E-state index is 13.0. The molecule has 5 nitrogen and oxygen atoms in total. The minimum absolute atomic E-state index is 0.0460. The first-order valence-corrected chi connectivity index (χ1v) is 7.99. The van der Waals surface area contributed by atoms with Crippen LogP contribution in [0.2, 0.25) is 0 Å². The van der Waals surface area contributed by atoms with Crippen molar-refractivity contribution in [3.05, 3.63) is 29.8 Å². The number of nitrogens with two attached hydrogens (primary N) is 1. The summed E-state index contributed by atoms with van der Waals surface area (Å²) >= 11 is 0. The number of nitrogens with zero attached hydrogens (tertiary/aromatic N) is 1. The Kier molecular flexibility index (Phi) is 4.16. The molecule has 1 aromatic rings. The summed E-state index contributed by atoms with van der Waals surface area (Å²) in [5.74, 6) is 0.170. The van der Waals surface area contributed by atoms with Crippen molar-refractivity contribution in [2.75, 3.05) is 18.4 Å². The van der Waals surface area contributed by atoms with Crippen LogP contribution in [0.25, 0.3) is 0 Å². The van der Waals surface area contributed by atoms with Gasteiger partial charge < -0.3 is 16.0 Å². The van der Waals surface area contributed by atoms with Crippen LogP contribution in [0.4, 0.5) is 5.69 Å². The number of para-hydroxylation sites is 1. The first-order valence-electron chi connectivity index (χ1n) is 7.99. The number of amides is 2. The number of nitrogens with one attached hydrogen (secondary N) is 1. The number of rotatable bonds is 2. The third-order valence-electron chi connectivity index (χ3n) is 4.83. The van der Waals surface area contributed by atoms with Crippen LogP contribution in [0.15, 0.2) is 24.3 Å². The highest BCUT2D eigenvalue weighted by Crippen LogP contribution is 2.35. The quantitative estimate of drug-likeness (QED) is 0.873. The Balaban J connectivity index is 1.87. The van der Waals surface area contributed by atoms with Gasteiger partial charge in [0.05, 0.1) is 5.92 Å². The topological polar surface area (TPSA) is 75.4 Å². The lowest BCUT2D eigenvalue weighted by Gasteiger charge is -2.40. The van der Waals surface area contributed by atoms with Crippen LogP contribution in [-0.2, 0) is 9.59 Å². The third kappa shape index (κ3) is 2.73. The van der Waals surface area contributed by atoms with Crippen LogP contribution in [-0.4, -0.2) is 35.8 Å². The van der Waals surface area contributed by atoms with E-state index in [0.29, 0.717) is 12.5 Å². The standard InChI is InChI=1S/C17H23N3O2/c1-11-6-7-20(12(8-11)10-18)17(22)14-9-16(21)19-15-5-3-2-4-13(14)15/h2-5,11-12,14H,6-10,18H2,1H3,(H,19,21). The SMILES string of the molecule is CC1CCN(C(=O)C2CC(=O)Nc3ccccc32)C(CN)C1. The number of fused-ring (bicyclic) bond motifs is 1. The summed E-state index contributed by atoms with van der Waals surface area (Å²) in [5, 5.41) is 2.85. The van der Waals surface area contributed by atoms with E-state index in [0.717, 1.165) is 30.6 Å². The number of hydrogen-bond donors (Lipinski definition) is 2. The number of benzene rings is 1. The van der Waals surface area contributed by atoms with Gasteiger partial charge in [-0.25, -0.2) is 0 Å². The van der Waals surface area contributed by atoms with E-state index in [1.807, 2.05) is 29.2 Å². The third-order valence-corrected chi connectivity index (χ3v) is 4.83. The molecular formula is C17H23N3O2. The van der Waals surface area contributed by atoms with Crippen molar-refractivity contribution in [1.82, 2.24) is 4.90 Å². The van der Waals surface area contributed by atoms with Gasteiger partial charge in [0.15, 0.2) is 0 Å². The van der Waals surface area contributed by atoms with Crippen molar-refractivity contribution in [2.24, 2.45) is 11.7 Å². The average molecular weight is 301 g/mol. The van der Waals surface area contributed by atoms with Gasteiger partial charge in [-0.2, -0.15) is 0 Å². The Morgan fingerprint density at radius 3 is 2.95 bits per heavy atom. The zero-order valence-electron chi connectivity index (χ0n) is 12.9. The highest BCUT2D eigenvalue weighted by Gasteiger charge is 2.37. The van der Waals surface area contributed by atoms with Gasteiger partial charge in [0.2, 0.25) is 11.8 Å². The molecule has 22 heavy (non-hydrogen) atoms. The van der Waals surface area contributed by atoms with Gasteiger partial charge in [-0.15, -0.1) is 0 Å². The zero-order chi connectivity index (χ0) is 15.7. The number of piperidine rings is 1. The molecule has 1 saturated heterocycles. The fourth-order valence-corrected chi connectivity index (χ4v) is 3.60. The van der Waals surface area contributed by atoms with Crippen LogP contribution in [0.5, 0.6) is 0 Å². The molecule has 0 spiro atoms. The molecule has 2 aliphatic rings. The van der Waals surface area contributed by atoms with Crippen molar-refractivity contribution in [2.45, 2.75) is 38.1 Å². The fourth-order valence-electron chi connectivity index (χ4n) is 3.60. The Bertz CT molecular complexity index is 587. The largest absolute Gasteiger partial charge is 0.338 e. The number of anilines is 1. The molecule has 0 aliphatic carbocycles. The summed E-state index contributed by atoms with van der Waals surface area (Å²) in [7, 11) is 0. The number of likely N-dealkylation sites (tertiary alicyclic amines) is 1. The van der Waals surface area contributed by atoms with Crippen molar-refractivity contribution < 1.29 is 9.59 Å². The lowest BCUT2D eigenvalue weighted by atomic mass is 9.86. The summed E-state index contributed by atoms with van der Waals surface area (Å²) in [6, 6.07) is 7.66. The highest BCUT2D eigenvalue weighted by atomic mass is 16.2. The molecule has 1 fully saturated rings. The van der Waals surface area contributed by atoms with Gasteiger partial charge in [-0.05, 0) is 30.4 Å². The van der Waals surface area contributed by atoms with Crippen LogP contribution >= 0.6 is 0 Å². The number of carbonyl (C=O) groups is 2. The smallest absolute Gasteiger partial charge is 0.231 e. The minimum Gasteiger partial charge on any atom is -0.338 e. The van der Waals surface area contributed by atoms with Gasteiger partial charge in [0.1, 0.15) is 0 Å². The van der Waals surface area contributed by atoms with E-state index in [2.05, 4.69) is 12.2 Å². The molecule has 3 unspecified atom stereocenters. The Morgan fingerprint density at radius 2 is 2.18 bits per heavy atom. The maximum Gasteiger partial charge on any atom is 0.231 e. The summed E-state index contributed by atoms with van der Waals surface area (Å²) < 4.78 is 0. The van der Waals surface area contributed by atoms with Gasteiger partial charge in [0.25, 0.3) is 0 Å². The monoisotopic (exact) mass is 301 g/mol. The number of hydrogen-bond acceptors (Lipinski definition) is 3. The highest BCUT2D eigenvalue weighted by molar-refractivity contribution is 6.01. The van der Waals surface area contributed by atoms with Crippen LogP contribution < -0.4 is 11.1 Å². The van der Waals surface area contributed by atoms with E-state index >= 15 is 0 Å². The molecule has 0 aromatic heterocycles. The predicted octanol–water partition coefficient (Wildman–Crippen LogP) is 1.70. The Labute approximate surface area is 130 Å². The molecule has 2 aliphatic heterocycles. The molecule has 118 valence electrons. The van der Waals surface area contributed by atoms with Crippen molar-refractivity contribution in [3.8, 4) is 0 Å². The average Bonchev–Trinajstić information content (AvgIpc) is 2.53. The predicted molar refractivity (Wildman–Crippen MR) is 85.4 cm³/mol. The zero-order valence-corrected chi connectivity index (χ0v) is 12.9. The molecule has 2 heterocycles. The molecule has 3 atom stereocenters. The molecule has 1 aromatic carbocycles. The van der Waals surface area contributed by atoms with Crippen molar-refractivity contribution in [3.63, 3.8) is 0 Å². The minimum atomic E-state index is -0.382. The van der Waals surface area contributed by atoms with Crippen LogP contribution in [0, 0.1) is 5.92 Å². The summed E-state index contributed by atoms with van der Waals surface area (Å²) in [4.78, 5) is 26.9. The second kappa shape index (κ2) is 6.08. The van der Waals surface area contributed by atoms with E-state index < -0.39 is 0 Å². The van der Waals surface area contributed by atoms with E-state index in [9.17, 15) is 9.59 Å². The maximum atomic E-state index is 13.0. The summed E-state index contributed by atoms with van der Waals surface area (Å²) in [6.45, 7) is 3.42. The molecular weight excluding hydrogens is 278 g/mol. The summed E-state index contributed by atoms with van der Waals surface area (Å²) in [6.07, 6.45) is 2.17. The van der Waals surface area contributed by atoms with E-state index in [-0.39, 0.29) is 30.2 Å². The van der Waals surface area contributed by atoms with Crippen molar-refractivity contribution in [1.29, 1.82) is 0 Å². The molecule has 2 amide bonds. The second-order valence-corrected chi connectivity index (χ2v) is 6.44. The molecule has 5 heteroatoms. The first-order chi connectivity index (χ1) is 10.6. The lowest BCUT2D eigenvalue weighted by molar-refractivity contribution is -0.138. The molecule has 0 saturated carbocycles. The van der Waals surface area contributed by atoms with Crippen LogP contribution in [0.1, 0.15) is 37.7 Å². The van der Waals surface area contributed by atoms with Gasteiger partial charge in [-0.1, -0.05) is 25.1 Å². The number of carbonyl (C=O) groups excluding carboxylic acids is 2. The van der Waals surface area contributed by atoms with Gasteiger partial charge >= 0.3 is 0 Å². The Hall–Kier alpha value is -1.88. The summed E-state index contributed by atoms with van der Waals surface area (Å²) in [5.41, 5.74) is 7.55. The molecule has 0 bridgehead atoms. The lowest BCUT2D eigenvalue weighted by Crippen LogP contribution is -2.51. The fraction of sp³-hybridized carbons (Fsp3) is 0.529. The van der Waals surface area contributed by atoms with Gasteiger partial charge in [0, 0.05) is 31.2 Å². The first kappa shape index (κ1) is 15.0. The molecule has 3 rings (SSSR count). The van der Waals surface area contributed by atoms with Crippen molar-refractivity contribution >= 4 is 17.5 Å². The van der Waals surface area contributed by atoms with E-state index in [1.165, 1.54) is 0 Å². The Morgan fingerprint density at radius 1 is 1.41 bits per heavy atom. The second-order valence-electron chi connectivity index (χ2n) is 6.44. The van der Waals surface area contributed by atoms with E-state index in [1.54, 1.807) is 0 Å². The molecule has 0 radical (unpaired) electrons. The molecule has 3 N–H and O–H groups in total. The van der Waals surface area contributed by atoms with Crippen LogP contribution in [0.3, 0.4) is 0 Å². The van der Waals surface area contributed by atoms with E-state index in [4.69, 9.17) is 5.73 Å².